The van der Waals surface area contributed by atoms with Gasteiger partial charge in [0, 0.05) is 24.9 Å². The molecule has 6 nitrogen and oxygen atoms in total. The van der Waals surface area contributed by atoms with E-state index in [0.29, 0.717) is 30.1 Å². The van der Waals surface area contributed by atoms with Gasteiger partial charge in [0.05, 0.1) is 5.92 Å². The SMILES string of the molecule is CCC(CC)c1nnc(NC(=O)[C@@H]2CC(=O)N(C3CC3)C2)s1. The van der Waals surface area contributed by atoms with Crippen LogP contribution in [0.3, 0.4) is 0 Å². The van der Waals surface area contributed by atoms with Crippen LogP contribution in [-0.2, 0) is 9.59 Å². The Kier molecular flexibility index (Phi) is 4.42. The molecular weight excluding hydrogens is 300 g/mol. The molecule has 1 saturated carbocycles. The maximum atomic E-state index is 12.3. The molecule has 1 aromatic heterocycles. The molecule has 7 heteroatoms. The Morgan fingerprint density at radius 2 is 2.09 bits per heavy atom. The topological polar surface area (TPSA) is 75.2 Å². The van der Waals surface area contributed by atoms with Crippen molar-refractivity contribution in [1.29, 1.82) is 0 Å². The van der Waals surface area contributed by atoms with Crippen LogP contribution in [0, 0.1) is 5.92 Å². The lowest BCUT2D eigenvalue weighted by Gasteiger charge is -2.14. The number of hydrogen-bond donors (Lipinski definition) is 1. The summed E-state index contributed by atoms with van der Waals surface area (Å²) in [6, 6.07) is 0.383. The van der Waals surface area contributed by atoms with Gasteiger partial charge in [-0.2, -0.15) is 0 Å². The Hall–Kier alpha value is -1.50. The maximum absolute atomic E-state index is 12.3. The van der Waals surface area contributed by atoms with Crippen molar-refractivity contribution in [2.45, 2.75) is 57.9 Å². The van der Waals surface area contributed by atoms with Crippen molar-refractivity contribution in [3.05, 3.63) is 5.01 Å². The normalized spacial score (nSPS) is 21.7. The van der Waals surface area contributed by atoms with E-state index in [0.717, 1.165) is 30.7 Å². The van der Waals surface area contributed by atoms with Gasteiger partial charge in [-0.1, -0.05) is 25.2 Å². The molecule has 1 aliphatic carbocycles. The van der Waals surface area contributed by atoms with E-state index in [1.807, 2.05) is 4.90 Å². The third kappa shape index (κ3) is 3.14. The van der Waals surface area contributed by atoms with E-state index >= 15 is 0 Å². The minimum Gasteiger partial charge on any atom is -0.339 e. The van der Waals surface area contributed by atoms with E-state index in [2.05, 4.69) is 29.4 Å². The number of nitrogens with zero attached hydrogens (tertiary/aromatic N) is 3. The van der Waals surface area contributed by atoms with Crippen molar-refractivity contribution >= 4 is 28.3 Å². The van der Waals surface area contributed by atoms with Crippen molar-refractivity contribution in [1.82, 2.24) is 15.1 Å². The lowest BCUT2D eigenvalue weighted by Crippen LogP contribution is -2.29. The Morgan fingerprint density at radius 3 is 2.73 bits per heavy atom. The zero-order valence-corrected chi connectivity index (χ0v) is 13.9. The molecule has 0 spiro atoms. The first-order valence-corrected chi connectivity index (χ1v) is 8.87. The monoisotopic (exact) mass is 322 g/mol. The standard InChI is InChI=1S/C15H22N4O2S/c1-3-9(4-2)14-17-18-15(22-14)16-13(21)10-7-12(20)19(8-10)11-5-6-11/h9-11H,3-8H2,1-2H3,(H,16,18,21)/t10-/m1/s1. The van der Waals surface area contributed by atoms with Gasteiger partial charge in [0.15, 0.2) is 0 Å². The third-order valence-corrected chi connectivity index (χ3v) is 5.52. The molecule has 2 heterocycles. The summed E-state index contributed by atoms with van der Waals surface area (Å²) in [6.07, 6.45) is 4.52. The Balaban J connectivity index is 1.59. The number of anilines is 1. The molecule has 0 aromatic carbocycles. The fourth-order valence-electron chi connectivity index (χ4n) is 2.94. The lowest BCUT2D eigenvalue weighted by atomic mass is 10.1. The molecule has 1 aliphatic heterocycles. The van der Waals surface area contributed by atoms with Gasteiger partial charge in [0.25, 0.3) is 0 Å². The highest BCUT2D eigenvalue weighted by molar-refractivity contribution is 7.15. The van der Waals surface area contributed by atoms with Crippen molar-refractivity contribution < 1.29 is 9.59 Å². The van der Waals surface area contributed by atoms with Gasteiger partial charge in [-0.25, -0.2) is 0 Å². The number of rotatable bonds is 6. The first-order chi connectivity index (χ1) is 10.6. The van der Waals surface area contributed by atoms with E-state index in [9.17, 15) is 9.59 Å². The predicted octanol–water partition coefficient (Wildman–Crippen LogP) is 2.39. The zero-order valence-electron chi connectivity index (χ0n) is 13.0. The number of carbonyl (C=O) groups is 2. The van der Waals surface area contributed by atoms with Gasteiger partial charge >= 0.3 is 0 Å². The Morgan fingerprint density at radius 1 is 1.36 bits per heavy atom. The highest BCUT2D eigenvalue weighted by Gasteiger charge is 2.41. The molecule has 1 N–H and O–H groups in total. The maximum Gasteiger partial charge on any atom is 0.231 e. The second-order valence-electron chi connectivity index (χ2n) is 6.13. The number of carbonyl (C=O) groups excluding carboxylic acids is 2. The van der Waals surface area contributed by atoms with Crippen LogP contribution in [0.5, 0.6) is 0 Å². The number of hydrogen-bond acceptors (Lipinski definition) is 5. The van der Waals surface area contributed by atoms with Crippen LogP contribution in [0.15, 0.2) is 0 Å². The largest absolute Gasteiger partial charge is 0.339 e. The molecule has 22 heavy (non-hydrogen) atoms. The number of amides is 2. The summed E-state index contributed by atoms with van der Waals surface area (Å²) in [7, 11) is 0. The lowest BCUT2D eigenvalue weighted by molar-refractivity contribution is -0.128. The molecule has 0 bridgehead atoms. The second kappa shape index (κ2) is 6.32. The minimum atomic E-state index is -0.256. The van der Waals surface area contributed by atoms with Gasteiger partial charge in [0.1, 0.15) is 5.01 Å². The van der Waals surface area contributed by atoms with Crippen LogP contribution >= 0.6 is 11.3 Å². The van der Waals surface area contributed by atoms with Crippen molar-refractivity contribution in [2.75, 3.05) is 11.9 Å². The van der Waals surface area contributed by atoms with Crippen molar-refractivity contribution in [3.63, 3.8) is 0 Å². The fourth-order valence-corrected chi connectivity index (χ4v) is 3.95. The summed E-state index contributed by atoms with van der Waals surface area (Å²) in [5.74, 6) is 0.150. The quantitative estimate of drug-likeness (QED) is 0.872. The molecule has 120 valence electrons. The number of likely N-dealkylation sites (tertiary alicyclic amines) is 1. The van der Waals surface area contributed by atoms with E-state index in [1.165, 1.54) is 11.3 Å². The first kappa shape index (κ1) is 15.4. The average molecular weight is 322 g/mol. The highest BCUT2D eigenvalue weighted by Crippen LogP contribution is 2.33. The molecule has 2 aliphatic rings. The smallest absolute Gasteiger partial charge is 0.231 e. The van der Waals surface area contributed by atoms with Crippen LogP contribution in [0.1, 0.15) is 56.9 Å². The summed E-state index contributed by atoms with van der Waals surface area (Å²) in [5.41, 5.74) is 0. The van der Waals surface area contributed by atoms with Gasteiger partial charge in [-0.05, 0) is 25.7 Å². The molecule has 0 radical (unpaired) electrons. The van der Waals surface area contributed by atoms with Crippen LogP contribution in [0.25, 0.3) is 0 Å². The van der Waals surface area contributed by atoms with Crippen LogP contribution < -0.4 is 5.32 Å². The Bertz CT molecular complexity index is 566. The Labute approximate surface area is 134 Å². The van der Waals surface area contributed by atoms with E-state index in [-0.39, 0.29) is 17.7 Å². The minimum absolute atomic E-state index is 0.108. The van der Waals surface area contributed by atoms with E-state index in [1.54, 1.807) is 0 Å². The molecule has 1 atom stereocenters. The second-order valence-corrected chi connectivity index (χ2v) is 7.14. The summed E-state index contributed by atoms with van der Waals surface area (Å²) >= 11 is 1.44. The molecule has 3 rings (SSSR count). The van der Waals surface area contributed by atoms with Crippen LogP contribution in [0.2, 0.25) is 0 Å². The van der Waals surface area contributed by atoms with E-state index in [4.69, 9.17) is 0 Å². The van der Waals surface area contributed by atoms with Gasteiger partial charge in [-0.15, -0.1) is 10.2 Å². The molecule has 2 amide bonds. The summed E-state index contributed by atoms with van der Waals surface area (Å²) < 4.78 is 0. The van der Waals surface area contributed by atoms with Crippen LogP contribution in [0.4, 0.5) is 5.13 Å². The van der Waals surface area contributed by atoms with Gasteiger partial charge in [0.2, 0.25) is 16.9 Å². The zero-order chi connectivity index (χ0) is 15.7. The van der Waals surface area contributed by atoms with Gasteiger partial charge in [-0.3, -0.25) is 9.59 Å². The highest BCUT2D eigenvalue weighted by atomic mass is 32.1. The number of nitrogens with one attached hydrogen (secondary N) is 1. The van der Waals surface area contributed by atoms with Crippen molar-refractivity contribution in [2.24, 2.45) is 5.92 Å². The summed E-state index contributed by atoms with van der Waals surface area (Å²) in [4.78, 5) is 26.1. The molecule has 1 saturated heterocycles. The van der Waals surface area contributed by atoms with E-state index < -0.39 is 0 Å². The summed E-state index contributed by atoms with van der Waals surface area (Å²) in [6.45, 7) is 4.81. The van der Waals surface area contributed by atoms with Gasteiger partial charge < -0.3 is 10.2 Å². The van der Waals surface area contributed by atoms with Crippen LogP contribution in [-0.4, -0.2) is 39.5 Å². The predicted molar refractivity (Wildman–Crippen MR) is 84.7 cm³/mol. The molecular formula is C15H22N4O2S. The summed E-state index contributed by atoms with van der Waals surface area (Å²) in [5, 5.41) is 12.6. The average Bonchev–Trinajstić information content (AvgIpc) is 3.12. The molecule has 1 aromatic rings. The number of aromatic nitrogens is 2. The fraction of sp³-hybridized carbons (Fsp3) is 0.733. The first-order valence-electron chi connectivity index (χ1n) is 8.06. The molecule has 2 fully saturated rings. The third-order valence-electron chi connectivity index (χ3n) is 4.52. The van der Waals surface area contributed by atoms with Crippen molar-refractivity contribution in [3.8, 4) is 0 Å². The molecule has 0 unspecified atom stereocenters.